The molecule has 1 aliphatic heterocycles. The number of fused-ring (bicyclic) bond motifs is 1. The number of amides is 1. The molecule has 3 heterocycles. The molecule has 5 nitrogen and oxygen atoms in total. The van der Waals surface area contributed by atoms with Gasteiger partial charge in [0.1, 0.15) is 18.1 Å². The SMILES string of the molecule is O=C(c1csc(-c2ccco2)n1)N1CCOc2ccccc21. The number of hydrogen-bond donors (Lipinski definition) is 0. The van der Waals surface area contributed by atoms with Crippen molar-refractivity contribution in [1.82, 2.24) is 4.98 Å². The van der Waals surface area contributed by atoms with Crippen molar-refractivity contribution in [3.63, 3.8) is 0 Å². The number of carbonyl (C=O) groups excluding carboxylic acids is 1. The zero-order valence-corrected chi connectivity index (χ0v) is 12.4. The fraction of sp³-hybridized carbons (Fsp3) is 0.125. The average molecular weight is 312 g/mol. The van der Waals surface area contributed by atoms with Gasteiger partial charge in [0, 0.05) is 5.38 Å². The second-order valence-electron chi connectivity index (χ2n) is 4.79. The predicted octanol–water partition coefficient (Wildman–Crippen LogP) is 3.44. The molecule has 0 atom stereocenters. The topological polar surface area (TPSA) is 55.6 Å². The van der Waals surface area contributed by atoms with Crippen molar-refractivity contribution in [2.45, 2.75) is 0 Å². The minimum absolute atomic E-state index is 0.121. The maximum Gasteiger partial charge on any atom is 0.277 e. The van der Waals surface area contributed by atoms with Crippen molar-refractivity contribution < 1.29 is 13.9 Å². The van der Waals surface area contributed by atoms with Gasteiger partial charge in [0.2, 0.25) is 0 Å². The number of hydrogen-bond acceptors (Lipinski definition) is 5. The molecule has 6 heteroatoms. The Hall–Kier alpha value is -2.60. The van der Waals surface area contributed by atoms with Crippen LogP contribution in [0.15, 0.2) is 52.5 Å². The molecule has 1 amide bonds. The number of aromatic nitrogens is 1. The number of benzene rings is 1. The fourth-order valence-corrected chi connectivity index (χ4v) is 3.16. The summed E-state index contributed by atoms with van der Waals surface area (Å²) in [6, 6.07) is 11.2. The summed E-state index contributed by atoms with van der Waals surface area (Å²) in [7, 11) is 0. The Morgan fingerprint density at radius 2 is 2.14 bits per heavy atom. The van der Waals surface area contributed by atoms with Gasteiger partial charge in [-0.15, -0.1) is 11.3 Å². The van der Waals surface area contributed by atoms with Gasteiger partial charge in [0.25, 0.3) is 5.91 Å². The van der Waals surface area contributed by atoms with Gasteiger partial charge >= 0.3 is 0 Å². The zero-order valence-electron chi connectivity index (χ0n) is 11.6. The summed E-state index contributed by atoms with van der Waals surface area (Å²) < 4.78 is 10.9. The highest BCUT2D eigenvalue weighted by atomic mass is 32.1. The smallest absolute Gasteiger partial charge is 0.277 e. The Kier molecular flexibility index (Phi) is 3.16. The number of anilines is 1. The number of ether oxygens (including phenoxy) is 1. The van der Waals surface area contributed by atoms with E-state index in [4.69, 9.17) is 9.15 Å². The van der Waals surface area contributed by atoms with E-state index in [1.165, 1.54) is 11.3 Å². The van der Waals surface area contributed by atoms with Crippen molar-refractivity contribution in [2.75, 3.05) is 18.1 Å². The fourth-order valence-electron chi connectivity index (χ4n) is 2.40. The number of thiazole rings is 1. The van der Waals surface area contributed by atoms with Crippen LogP contribution in [0.1, 0.15) is 10.5 Å². The molecule has 0 fully saturated rings. The molecule has 0 unspecified atom stereocenters. The number of nitrogens with zero attached hydrogens (tertiary/aromatic N) is 2. The van der Waals surface area contributed by atoms with Crippen LogP contribution in [-0.2, 0) is 0 Å². The molecular weight excluding hydrogens is 300 g/mol. The summed E-state index contributed by atoms with van der Waals surface area (Å²) in [5.74, 6) is 1.28. The number of rotatable bonds is 2. The van der Waals surface area contributed by atoms with E-state index in [1.807, 2.05) is 30.3 Å². The number of para-hydroxylation sites is 2. The molecule has 1 aliphatic rings. The molecule has 2 aromatic heterocycles. The third-order valence-corrected chi connectivity index (χ3v) is 4.29. The van der Waals surface area contributed by atoms with Crippen LogP contribution in [0.2, 0.25) is 0 Å². The third-order valence-electron chi connectivity index (χ3n) is 3.43. The Bertz CT molecular complexity index is 810. The van der Waals surface area contributed by atoms with Crippen LogP contribution in [0.5, 0.6) is 5.75 Å². The standard InChI is InChI=1S/C16H12N2O3S/c19-16(11-10-22-15(17-11)14-6-3-8-20-14)18-7-9-21-13-5-2-1-4-12(13)18/h1-6,8,10H,7,9H2. The van der Waals surface area contributed by atoms with E-state index >= 15 is 0 Å². The van der Waals surface area contributed by atoms with E-state index < -0.39 is 0 Å². The van der Waals surface area contributed by atoms with Crippen molar-refractivity contribution in [3.8, 4) is 16.5 Å². The molecule has 0 radical (unpaired) electrons. The summed E-state index contributed by atoms with van der Waals surface area (Å²) >= 11 is 1.40. The first-order valence-corrected chi connectivity index (χ1v) is 7.74. The first-order valence-electron chi connectivity index (χ1n) is 6.86. The van der Waals surface area contributed by atoms with Gasteiger partial charge in [0.05, 0.1) is 18.5 Å². The lowest BCUT2D eigenvalue weighted by Crippen LogP contribution is -2.38. The average Bonchev–Trinajstić information content (AvgIpc) is 3.24. The van der Waals surface area contributed by atoms with E-state index in [9.17, 15) is 4.79 Å². The van der Waals surface area contributed by atoms with Crippen LogP contribution in [0.3, 0.4) is 0 Å². The maximum atomic E-state index is 12.7. The zero-order chi connectivity index (χ0) is 14.9. The molecule has 0 saturated heterocycles. The predicted molar refractivity (Wildman–Crippen MR) is 83.4 cm³/mol. The lowest BCUT2D eigenvalue weighted by molar-refractivity contribution is 0.0972. The van der Waals surface area contributed by atoms with Gasteiger partial charge in [-0.25, -0.2) is 4.98 Å². The van der Waals surface area contributed by atoms with Crippen molar-refractivity contribution >= 4 is 22.9 Å². The van der Waals surface area contributed by atoms with Crippen LogP contribution in [0.4, 0.5) is 5.69 Å². The van der Waals surface area contributed by atoms with Crippen LogP contribution < -0.4 is 9.64 Å². The van der Waals surface area contributed by atoms with Crippen molar-refractivity contribution in [3.05, 3.63) is 53.7 Å². The van der Waals surface area contributed by atoms with Gasteiger partial charge in [-0.2, -0.15) is 0 Å². The normalized spacial score (nSPS) is 13.5. The van der Waals surface area contributed by atoms with E-state index in [-0.39, 0.29) is 5.91 Å². The summed E-state index contributed by atoms with van der Waals surface area (Å²) in [6.07, 6.45) is 1.59. The van der Waals surface area contributed by atoms with E-state index in [2.05, 4.69) is 4.98 Å². The maximum absolute atomic E-state index is 12.7. The highest BCUT2D eigenvalue weighted by molar-refractivity contribution is 7.13. The van der Waals surface area contributed by atoms with Gasteiger partial charge in [0.15, 0.2) is 10.8 Å². The summed E-state index contributed by atoms with van der Waals surface area (Å²) in [4.78, 5) is 18.8. The van der Waals surface area contributed by atoms with Crippen LogP contribution in [0, 0.1) is 0 Å². The minimum atomic E-state index is -0.121. The molecule has 3 aromatic rings. The van der Waals surface area contributed by atoms with Crippen molar-refractivity contribution in [1.29, 1.82) is 0 Å². The molecule has 0 bridgehead atoms. The Labute approximate surface area is 130 Å². The summed E-state index contributed by atoms with van der Waals surface area (Å²) in [5, 5.41) is 2.47. The van der Waals surface area contributed by atoms with Crippen LogP contribution >= 0.6 is 11.3 Å². The number of furan rings is 1. The molecule has 22 heavy (non-hydrogen) atoms. The third kappa shape index (κ3) is 2.17. The lowest BCUT2D eigenvalue weighted by atomic mass is 10.2. The summed E-state index contributed by atoms with van der Waals surface area (Å²) in [6.45, 7) is 1.00. The quantitative estimate of drug-likeness (QED) is 0.727. The molecule has 0 aliphatic carbocycles. The van der Waals surface area contributed by atoms with Crippen LogP contribution in [-0.4, -0.2) is 24.0 Å². The van der Waals surface area contributed by atoms with E-state index in [1.54, 1.807) is 22.6 Å². The van der Waals surface area contributed by atoms with Gasteiger partial charge in [-0.1, -0.05) is 12.1 Å². The van der Waals surface area contributed by atoms with E-state index in [0.717, 1.165) is 11.4 Å². The van der Waals surface area contributed by atoms with Gasteiger partial charge in [-0.05, 0) is 24.3 Å². The molecule has 0 spiro atoms. The largest absolute Gasteiger partial charge is 0.490 e. The Morgan fingerprint density at radius 3 is 3.00 bits per heavy atom. The van der Waals surface area contributed by atoms with Crippen LogP contribution in [0.25, 0.3) is 10.8 Å². The first-order chi connectivity index (χ1) is 10.8. The monoisotopic (exact) mass is 312 g/mol. The summed E-state index contributed by atoms with van der Waals surface area (Å²) in [5.41, 5.74) is 1.21. The molecule has 110 valence electrons. The minimum Gasteiger partial charge on any atom is -0.490 e. The highest BCUT2D eigenvalue weighted by Gasteiger charge is 2.26. The second kappa shape index (κ2) is 5.31. The van der Waals surface area contributed by atoms with Gasteiger partial charge < -0.3 is 14.1 Å². The van der Waals surface area contributed by atoms with Gasteiger partial charge in [-0.3, -0.25) is 4.79 Å². The molecule has 0 N–H and O–H groups in total. The molecule has 0 saturated carbocycles. The number of carbonyl (C=O) groups is 1. The van der Waals surface area contributed by atoms with Crippen molar-refractivity contribution in [2.24, 2.45) is 0 Å². The Balaban J connectivity index is 1.66. The lowest BCUT2D eigenvalue weighted by Gasteiger charge is -2.28. The molecule has 4 rings (SSSR count). The molecule has 1 aromatic carbocycles. The highest BCUT2D eigenvalue weighted by Crippen LogP contribution is 2.32. The molecular formula is C16H12N2O3S. The second-order valence-corrected chi connectivity index (χ2v) is 5.65. The first kappa shape index (κ1) is 13.1. The Morgan fingerprint density at radius 1 is 1.23 bits per heavy atom. The van der Waals surface area contributed by atoms with E-state index in [0.29, 0.717) is 29.6 Å².